The number of amides is 1. The van der Waals surface area contributed by atoms with E-state index in [0.29, 0.717) is 24.7 Å². The molecule has 28 heavy (non-hydrogen) atoms. The molecule has 0 aromatic heterocycles. The van der Waals surface area contributed by atoms with Gasteiger partial charge in [0.15, 0.2) is 11.5 Å². The van der Waals surface area contributed by atoms with Gasteiger partial charge in [0, 0.05) is 12.6 Å². The predicted octanol–water partition coefficient (Wildman–Crippen LogP) is 4.25. The summed E-state index contributed by atoms with van der Waals surface area (Å²) >= 11 is 0. The Hall–Kier alpha value is -2.95. The summed E-state index contributed by atoms with van der Waals surface area (Å²) in [5.41, 5.74) is 2.03. The van der Waals surface area contributed by atoms with Gasteiger partial charge in [0.05, 0.1) is 19.8 Å². The lowest BCUT2D eigenvalue weighted by Gasteiger charge is -2.10. The zero-order valence-electron chi connectivity index (χ0n) is 17.0. The highest BCUT2D eigenvalue weighted by Crippen LogP contribution is 2.28. The van der Waals surface area contributed by atoms with Gasteiger partial charge in [-0.15, -0.1) is 0 Å². The van der Waals surface area contributed by atoms with Crippen LogP contribution in [0.15, 0.2) is 48.5 Å². The Bertz CT molecular complexity index is 782. The van der Waals surface area contributed by atoms with Gasteiger partial charge in [-0.1, -0.05) is 18.2 Å². The molecule has 0 saturated heterocycles. The maximum atomic E-state index is 12.0. The lowest BCUT2D eigenvalue weighted by Crippen LogP contribution is -2.23. The van der Waals surface area contributed by atoms with Crippen molar-refractivity contribution in [3.8, 4) is 17.2 Å². The molecule has 1 amide bonds. The quantitative estimate of drug-likeness (QED) is 0.623. The molecule has 5 nitrogen and oxygen atoms in total. The summed E-state index contributed by atoms with van der Waals surface area (Å²) in [5.74, 6) is 2.07. The van der Waals surface area contributed by atoms with Crippen LogP contribution in [0.25, 0.3) is 6.08 Å². The molecule has 0 heterocycles. The van der Waals surface area contributed by atoms with Gasteiger partial charge in [-0.2, -0.15) is 0 Å². The fourth-order valence-electron chi connectivity index (χ4n) is 2.63. The summed E-state index contributed by atoms with van der Waals surface area (Å²) < 4.78 is 16.4. The Morgan fingerprint density at radius 3 is 2.50 bits per heavy atom. The SMILES string of the molecule is CCOc1cc(/C=C/C(=O)NCCc2ccc(OC(C)C)cc2)ccc1OC. The first kappa shape index (κ1) is 21.4. The third kappa shape index (κ3) is 6.99. The molecule has 1 N–H and O–H groups in total. The number of carbonyl (C=O) groups excluding carboxylic acids is 1. The van der Waals surface area contributed by atoms with Crippen molar-refractivity contribution in [1.29, 1.82) is 0 Å². The van der Waals surface area contributed by atoms with Gasteiger partial charge in [-0.25, -0.2) is 0 Å². The van der Waals surface area contributed by atoms with E-state index in [4.69, 9.17) is 14.2 Å². The third-order valence-electron chi connectivity index (χ3n) is 3.92. The molecule has 0 aliphatic rings. The maximum Gasteiger partial charge on any atom is 0.244 e. The van der Waals surface area contributed by atoms with Gasteiger partial charge in [-0.3, -0.25) is 4.79 Å². The number of ether oxygens (including phenoxy) is 3. The minimum atomic E-state index is -0.131. The Morgan fingerprint density at radius 2 is 1.86 bits per heavy atom. The summed E-state index contributed by atoms with van der Waals surface area (Å²) in [7, 11) is 1.60. The standard InChI is InChI=1S/C23H29NO4/c1-5-27-22-16-19(8-12-21(22)26-4)9-13-23(25)24-15-14-18-6-10-20(11-7-18)28-17(2)3/h6-13,16-17H,5,14-15H2,1-4H3,(H,24,25)/b13-9+. The van der Waals surface area contributed by atoms with Gasteiger partial charge in [0.25, 0.3) is 0 Å². The molecule has 5 heteroatoms. The lowest BCUT2D eigenvalue weighted by molar-refractivity contribution is -0.116. The van der Waals surface area contributed by atoms with E-state index in [1.807, 2.05) is 63.2 Å². The van der Waals surface area contributed by atoms with E-state index in [9.17, 15) is 4.79 Å². The Balaban J connectivity index is 1.83. The Labute approximate surface area is 167 Å². The first-order valence-electron chi connectivity index (χ1n) is 9.54. The normalized spacial score (nSPS) is 10.9. The smallest absolute Gasteiger partial charge is 0.244 e. The van der Waals surface area contributed by atoms with Gasteiger partial charge < -0.3 is 19.5 Å². The minimum absolute atomic E-state index is 0.131. The number of hydrogen-bond donors (Lipinski definition) is 1. The van der Waals surface area contributed by atoms with Crippen molar-refractivity contribution >= 4 is 12.0 Å². The highest BCUT2D eigenvalue weighted by Gasteiger charge is 2.04. The maximum absolute atomic E-state index is 12.0. The zero-order valence-corrected chi connectivity index (χ0v) is 17.0. The Kier molecular flexibility index (Phi) is 8.40. The van der Waals surface area contributed by atoms with Crippen LogP contribution in [0.2, 0.25) is 0 Å². The third-order valence-corrected chi connectivity index (χ3v) is 3.92. The van der Waals surface area contributed by atoms with E-state index in [1.54, 1.807) is 13.2 Å². The van der Waals surface area contributed by atoms with Crippen LogP contribution in [0, 0.1) is 0 Å². The molecule has 0 aliphatic carbocycles. The van der Waals surface area contributed by atoms with Crippen LogP contribution in [0.1, 0.15) is 31.9 Å². The molecule has 2 rings (SSSR count). The molecule has 0 aliphatic heterocycles. The Morgan fingerprint density at radius 1 is 1.11 bits per heavy atom. The van der Waals surface area contributed by atoms with Crippen molar-refractivity contribution < 1.29 is 19.0 Å². The molecule has 0 radical (unpaired) electrons. The summed E-state index contributed by atoms with van der Waals surface area (Å²) in [6.45, 7) is 7.04. The summed E-state index contributed by atoms with van der Waals surface area (Å²) in [6, 6.07) is 13.5. The lowest BCUT2D eigenvalue weighted by atomic mass is 10.1. The summed E-state index contributed by atoms with van der Waals surface area (Å²) in [6.07, 6.45) is 4.21. The number of benzene rings is 2. The predicted molar refractivity (Wildman–Crippen MR) is 112 cm³/mol. The van der Waals surface area contributed by atoms with Crippen molar-refractivity contribution in [2.24, 2.45) is 0 Å². The van der Waals surface area contributed by atoms with E-state index in [-0.39, 0.29) is 12.0 Å². The average molecular weight is 383 g/mol. The highest BCUT2D eigenvalue weighted by atomic mass is 16.5. The van der Waals surface area contributed by atoms with E-state index in [0.717, 1.165) is 23.3 Å². The second-order valence-electron chi connectivity index (χ2n) is 6.53. The molecule has 0 saturated carbocycles. The second kappa shape index (κ2) is 11.0. The van der Waals surface area contributed by atoms with Crippen molar-refractivity contribution in [2.45, 2.75) is 33.3 Å². The molecule has 150 valence electrons. The fraction of sp³-hybridized carbons (Fsp3) is 0.348. The van der Waals surface area contributed by atoms with Crippen LogP contribution >= 0.6 is 0 Å². The zero-order chi connectivity index (χ0) is 20.4. The number of carbonyl (C=O) groups is 1. The highest BCUT2D eigenvalue weighted by molar-refractivity contribution is 5.91. The fourth-order valence-corrected chi connectivity index (χ4v) is 2.63. The average Bonchev–Trinajstić information content (AvgIpc) is 2.68. The van der Waals surface area contributed by atoms with Crippen LogP contribution in [0.3, 0.4) is 0 Å². The minimum Gasteiger partial charge on any atom is -0.493 e. The molecule has 0 bridgehead atoms. The topological polar surface area (TPSA) is 56.8 Å². The van der Waals surface area contributed by atoms with E-state index in [1.165, 1.54) is 6.08 Å². The molecule has 0 fully saturated rings. The first-order valence-corrected chi connectivity index (χ1v) is 9.54. The summed E-state index contributed by atoms with van der Waals surface area (Å²) in [5, 5.41) is 2.90. The van der Waals surface area contributed by atoms with Crippen LogP contribution in [0.4, 0.5) is 0 Å². The number of methoxy groups -OCH3 is 1. The van der Waals surface area contributed by atoms with Gasteiger partial charge in [-0.05, 0) is 68.7 Å². The van der Waals surface area contributed by atoms with Gasteiger partial charge >= 0.3 is 0 Å². The molecule has 0 unspecified atom stereocenters. The van der Waals surface area contributed by atoms with Crippen molar-refractivity contribution in [3.05, 3.63) is 59.7 Å². The van der Waals surface area contributed by atoms with Crippen LogP contribution in [-0.2, 0) is 11.2 Å². The van der Waals surface area contributed by atoms with E-state index in [2.05, 4.69) is 5.32 Å². The van der Waals surface area contributed by atoms with Gasteiger partial charge in [0.1, 0.15) is 5.75 Å². The van der Waals surface area contributed by atoms with Crippen molar-refractivity contribution in [1.82, 2.24) is 5.32 Å². The number of hydrogen-bond acceptors (Lipinski definition) is 4. The molecule has 2 aromatic rings. The monoisotopic (exact) mass is 383 g/mol. The molecule has 2 aromatic carbocycles. The largest absolute Gasteiger partial charge is 0.493 e. The van der Waals surface area contributed by atoms with Gasteiger partial charge in [0.2, 0.25) is 5.91 Å². The molecular formula is C23H29NO4. The molecule has 0 atom stereocenters. The summed E-state index contributed by atoms with van der Waals surface area (Å²) in [4.78, 5) is 12.0. The van der Waals surface area contributed by atoms with Crippen LogP contribution in [-0.4, -0.2) is 32.3 Å². The number of nitrogens with one attached hydrogen (secondary N) is 1. The van der Waals surface area contributed by atoms with E-state index < -0.39 is 0 Å². The van der Waals surface area contributed by atoms with Crippen LogP contribution < -0.4 is 19.5 Å². The van der Waals surface area contributed by atoms with Crippen molar-refractivity contribution in [3.63, 3.8) is 0 Å². The molecule has 0 spiro atoms. The van der Waals surface area contributed by atoms with E-state index >= 15 is 0 Å². The molecular weight excluding hydrogens is 354 g/mol. The van der Waals surface area contributed by atoms with Crippen LogP contribution in [0.5, 0.6) is 17.2 Å². The number of rotatable bonds is 10. The first-order chi connectivity index (χ1) is 13.5. The second-order valence-corrected chi connectivity index (χ2v) is 6.53. The van der Waals surface area contributed by atoms with Crippen molar-refractivity contribution in [2.75, 3.05) is 20.3 Å².